The Bertz CT molecular complexity index is 667. The number of nitrogens with zero attached hydrogens (tertiary/aromatic N) is 3. The second kappa shape index (κ2) is 6.45. The van der Waals surface area contributed by atoms with Crippen molar-refractivity contribution in [1.29, 1.82) is 0 Å². The van der Waals surface area contributed by atoms with Crippen molar-refractivity contribution in [1.82, 2.24) is 14.7 Å². The van der Waals surface area contributed by atoms with Crippen LogP contribution in [0.15, 0.2) is 29.9 Å². The molecule has 1 saturated heterocycles. The predicted molar refractivity (Wildman–Crippen MR) is 88.3 cm³/mol. The van der Waals surface area contributed by atoms with E-state index < -0.39 is 0 Å². The summed E-state index contributed by atoms with van der Waals surface area (Å²) in [5.41, 5.74) is 1.36. The standard InChI is InChI=1S/C17H21N3O2S/c21-16(11-15-17-13(4-9-22-15)5-10-23-17)20-8-1-3-14(20)12-19-7-2-6-18-19/h2,5-7,10,14-15H,1,3-4,8-9,11-12H2/t14-,15-/m0/s1. The van der Waals surface area contributed by atoms with E-state index in [1.165, 1.54) is 10.4 Å². The molecule has 23 heavy (non-hydrogen) atoms. The van der Waals surface area contributed by atoms with Gasteiger partial charge in [-0.3, -0.25) is 9.48 Å². The number of carbonyl (C=O) groups excluding carboxylic acids is 1. The SMILES string of the molecule is O=C(C[C@@H]1OCCc2ccsc21)N1CCC[C@H]1Cn1cccn1. The lowest BCUT2D eigenvalue weighted by Gasteiger charge is -2.28. The fraction of sp³-hybridized carbons (Fsp3) is 0.529. The molecule has 0 spiro atoms. The van der Waals surface area contributed by atoms with Gasteiger partial charge in [-0.25, -0.2) is 0 Å². The maximum absolute atomic E-state index is 12.8. The summed E-state index contributed by atoms with van der Waals surface area (Å²) >= 11 is 1.71. The summed E-state index contributed by atoms with van der Waals surface area (Å²) in [6.07, 6.45) is 7.25. The predicted octanol–water partition coefficient (Wildman–Crippen LogP) is 2.64. The van der Waals surface area contributed by atoms with E-state index in [1.807, 2.05) is 21.8 Å². The normalized spacial score (nSPS) is 23.9. The molecule has 2 aromatic heterocycles. The minimum Gasteiger partial charge on any atom is -0.372 e. The smallest absolute Gasteiger partial charge is 0.225 e. The Morgan fingerprint density at radius 2 is 2.43 bits per heavy atom. The average molecular weight is 331 g/mol. The molecular formula is C17H21N3O2S. The van der Waals surface area contributed by atoms with Crippen LogP contribution in [0, 0.1) is 0 Å². The van der Waals surface area contributed by atoms with E-state index in [1.54, 1.807) is 17.5 Å². The molecule has 6 heteroatoms. The van der Waals surface area contributed by atoms with E-state index in [2.05, 4.69) is 16.5 Å². The van der Waals surface area contributed by atoms with Crippen LogP contribution in [0.25, 0.3) is 0 Å². The van der Waals surface area contributed by atoms with Crippen LogP contribution >= 0.6 is 11.3 Å². The Kier molecular flexibility index (Phi) is 4.18. The van der Waals surface area contributed by atoms with Gasteiger partial charge in [0.25, 0.3) is 0 Å². The fourth-order valence-electron chi connectivity index (χ4n) is 3.63. The van der Waals surface area contributed by atoms with Gasteiger partial charge in [0.15, 0.2) is 0 Å². The van der Waals surface area contributed by atoms with Crippen molar-refractivity contribution in [2.45, 2.75) is 44.4 Å². The highest BCUT2D eigenvalue weighted by atomic mass is 32.1. The van der Waals surface area contributed by atoms with Crippen LogP contribution in [-0.2, 0) is 22.5 Å². The molecule has 2 aromatic rings. The molecule has 0 radical (unpaired) electrons. The molecule has 4 heterocycles. The minimum absolute atomic E-state index is 0.0581. The van der Waals surface area contributed by atoms with Crippen LogP contribution in [-0.4, -0.2) is 39.8 Å². The Morgan fingerprint density at radius 3 is 3.30 bits per heavy atom. The molecule has 0 aromatic carbocycles. The van der Waals surface area contributed by atoms with Crippen molar-refractivity contribution in [2.75, 3.05) is 13.2 Å². The molecule has 0 unspecified atom stereocenters. The third-order valence-electron chi connectivity index (χ3n) is 4.78. The number of ether oxygens (including phenoxy) is 1. The van der Waals surface area contributed by atoms with Gasteiger partial charge in [0.1, 0.15) is 6.10 Å². The number of aromatic nitrogens is 2. The molecule has 0 aliphatic carbocycles. The Hall–Kier alpha value is -1.66. The second-order valence-corrected chi connectivity index (χ2v) is 7.18. The van der Waals surface area contributed by atoms with Crippen LogP contribution < -0.4 is 0 Å². The second-order valence-electron chi connectivity index (χ2n) is 6.23. The largest absolute Gasteiger partial charge is 0.372 e. The number of hydrogen-bond acceptors (Lipinski definition) is 4. The number of carbonyl (C=O) groups is 1. The van der Waals surface area contributed by atoms with E-state index in [9.17, 15) is 4.79 Å². The van der Waals surface area contributed by atoms with Crippen LogP contribution in [0.3, 0.4) is 0 Å². The van der Waals surface area contributed by atoms with Gasteiger partial charge in [-0.1, -0.05) is 0 Å². The Balaban J connectivity index is 1.43. The van der Waals surface area contributed by atoms with Crippen LogP contribution in [0.1, 0.15) is 35.8 Å². The van der Waals surface area contributed by atoms with Gasteiger partial charge in [-0.15, -0.1) is 11.3 Å². The van der Waals surface area contributed by atoms with Gasteiger partial charge in [0, 0.05) is 23.8 Å². The van der Waals surface area contributed by atoms with Crippen LogP contribution in [0.4, 0.5) is 0 Å². The maximum Gasteiger partial charge on any atom is 0.225 e. The molecule has 2 aliphatic rings. The zero-order valence-corrected chi connectivity index (χ0v) is 13.9. The summed E-state index contributed by atoms with van der Waals surface area (Å²) in [5.74, 6) is 0.214. The molecule has 1 fully saturated rings. The van der Waals surface area contributed by atoms with Crippen molar-refractivity contribution in [3.8, 4) is 0 Å². The Morgan fingerprint density at radius 1 is 1.48 bits per heavy atom. The highest BCUT2D eigenvalue weighted by Crippen LogP contribution is 2.35. The van der Waals surface area contributed by atoms with E-state index in [4.69, 9.17) is 4.74 Å². The van der Waals surface area contributed by atoms with E-state index in [-0.39, 0.29) is 18.1 Å². The molecule has 1 amide bonds. The third kappa shape index (κ3) is 3.05. The summed E-state index contributed by atoms with van der Waals surface area (Å²) in [6, 6.07) is 4.35. The van der Waals surface area contributed by atoms with E-state index in [0.29, 0.717) is 6.42 Å². The van der Waals surface area contributed by atoms with Gasteiger partial charge >= 0.3 is 0 Å². The van der Waals surface area contributed by atoms with Gasteiger partial charge in [0.05, 0.1) is 25.6 Å². The van der Waals surface area contributed by atoms with Crippen molar-refractivity contribution < 1.29 is 9.53 Å². The number of hydrogen-bond donors (Lipinski definition) is 0. The lowest BCUT2D eigenvalue weighted by molar-refractivity contribution is -0.135. The van der Waals surface area contributed by atoms with Crippen LogP contribution in [0.5, 0.6) is 0 Å². The first kappa shape index (κ1) is 14.9. The topological polar surface area (TPSA) is 47.4 Å². The number of thiophene rings is 1. The first-order valence-electron chi connectivity index (χ1n) is 8.26. The number of fused-ring (bicyclic) bond motifs is 1. The third-order valence-corrected chi connectivity index (χ3v) is 5.83. The summed E-state index contributed by atoms with van der Waals surface area (Å²) < 4.78 is 7.80. The maximum atomic E-state index is 12.8. The minimum atomic E-state index is -0.0581. The molecular weight excluding hydrogens is 310 g/mol. The first-order chi connectivity index (χ1) is 11.3. The monoisotopic (exact) mass is 331 g/mol. The van der Waals surface area contributed by atoms with Crippen molar-refractivity contribution >= 4 is 17.2 Å². The molecule has 122 valence electrons. The highest BCUT2D eigenvalue weighted by molar-refractivity contribution is 7.10. The number of rotatable bonds is 4. The van der Waals surface area contributed by atoms with Gasteiger partial charge in [0.2, 0.25) is 5.91 Å². The molecule has 5 nitrogen and oxygen atoms in total. The summed E-state index contributed by atoms with van der Waals surface area (Å²) in [4.78, 5) is 16.1. The zero-order valence-electron chi connectivity index (χ0n) is 13.1. The zero-order chi connectivity index (χ0) is 15.6. The average Bonchev–Trinajstić information content (AvgIpc) is 3.29. The highest BCUT2D eigenvalue weighted by Gasteiger charge is 2.32. The molecule has 0 N–H and O–H groups in total. The van der Waals surface area contributed by atoms with Crippen molar-refractivity contribution in [3.05, 3.63) is 40.3 Å². The van der Waals surface area contributed by atoms with Gasteiger partial charge in [-0.05, 0) is 42.3 Å². The Labute approximate surface area is 139 Å². The summed E-state index contributed by atoms with van der Waals surface area (Å²) in [7, 11) is 0. The molecule has 2 atom stereocenters. The molecule has 0 saturated carbocycles. The summed E-state index contributed by atoms with van der Waals surface area (Å²) in [6.45, 7) is 2.36. The lowest BCUT2D eigenvalue weighted by atomic mass is 10.0. The molecule has 0 bridgehead atoms. The quantitative estimate of drug-likeness (QED) is 0.865. The van der Waals surface area contributed by atoms with Gasteiger partial charge in [-0.2, -0.15) is 5.10 Å². The first-order valence-corrected chi connectivity index (χ1v) is 9.14. The number of likely N-dealkylation sites (tertiary alicyclic amines) is 1. The van der Waals surface area contributed by atoms with Gasteiger partial charge < -0.3 is 9.64 Å². The molecule has 2 aliphatic heterocycles. The molecule has 4 rings (SSSR count). The lowest BCUT2D eigenvalue weighted by Crippen LogP contribution is -2.39. The number of amides is 1. The van der Waals surface area contributed by atoms with E-state index in [0.717, 1.165) is 39.0 Å². The van der Waals surface area contributed by atoms with Crippen molar-refractivity contribution in [3.63, 3.8) is 0 Å². The van der Waals surface area contributed by atoms with Crippen LogP contribution in [0.2, 0.25) is 0 Å². The fourth-order valence-corrected chi connectivity index (χ4v) is 4.63. The van der Waals surface area contributed by atoms with Crippen molar-refractivity contribution in [2.24, 2.45) is 0 Å². The van der Waals surface area contributed by atoms with E-state index >= 15 is 0 Å². The summed E-state index contributed by atoms with van der Waals surface area (Å²) in [5, 5.41) is 6.37.